The first kappa shape index (κ1) is 16.1. The van der Waals surface area contributed by atoms with Crippen LogP contribution in [0, 0.1) is 0 Å². The van der Waals surface area contributed by atoms with E-state index >= 15 is 0 Å². The summed E-state index contributed by atoms with van der Waals surface area (Å²) in [6.07, 6.45) is 6.03. The lowest BCUT2D eigenvalue weighted by atomic mass is 10.2. The lowest BCUT2D eigenvalue weighted by Gasteiger charge is -2.12. The lowest BCUT2D eigenvalue weighted by molar-refractivity contribution is 0.493. The maximum absolute atomic E-state index is 11.1. The molecule has 1 N–H and O–H groups in total. The SMILES string of the molecule is CSc1nc2c(c(Nc3ccc(OS(C)(=O)=O)cc3)n1)CCC2. The van der Waals surface area contributed by atoms with Crippen molar-refractivity contribution in [1.82, 2.24) is 9.97 Å². The smallest absolute Gasteiger partial charge is 0.306 e. The molecule has 1 aromatic carbocycles. The molecule has 0 radical (unpaired) electrons. The highest BCUT2D eigenvalue weighted by atomic mass is 32.2. The Balaban J connectivity index is 1.84. The zero-order chi connectivity index (χ0) is 16.4. The minimum Gasteiger partial charge on any atom is -0.383 e. The quantitative estimate of drug-likeness (QED) is 0.504. The predicted octanol–water partition coefficient (Wildman–Crippen LogP) is 2.77. The standard InChI is InChI=1S/C15H17N3O3S2/c1-22-15-17-13-5-3-4-12(13)14(18-15)16-10-6-8-11(9-7-10)21-23(2,19)20/h6-9H,3-5H2,1-2H3,(H,16,17,18). The van der Waals surface area contributed by atoms with Gasteiger partial charge in [-0.05, 0) is 49.8 Å². The predicted molar refractivity (Wildman–Crippen MR) is 91.0 cm³/mol. The van der Waals surface area contributed by atoms with Gasteiger partial charge in [-0.1, -0.05) is 11.8 Å². The van der Waals surface area contributed by atoms with E-state index in [1.165, 1.54) is 17.3 Å². The molecule has 2 aromatic rings. The van der Waals surface area contributed by atoms with Crippen LogP contribution in [0.1, 0.15) is 17.7 Å². The summed E-state index contributed by atoms with van der Waals surface area (Å²) in [7, 11) is -3.51. The molecule has 122 valence electrons. The average Bonchev–Trinajstić information content (AvgIpc) is 2.96. The number of aryl methyl sites for hydroxylation is 1. The van der Waals surface area contributed by atoms with Gasteiger partial charge in [0.05, 0.1) is 11.9 Å². The van der Waals surface area contributed by atoms with Crippen molar-refractivity contribution in [3.05, 3.63) is 35.5 Å². The molecule has 23 heavy (non-hydrogen) atoms. The first-order valence-electron chi connectivity index (χ1n) is 7.15. The van der Waals surface area contributed by atoms with Crippen LogP contribution in [0.2, 0.25) is 0 Å². The second-order valence-electron chi connectivity index (χ2n) is 5.27. The maximum atomic E-state index is 11.1. The van der Waals surface area contributed by atoms with Gasteiger partial charge >= 0.3 is 10.1 Å². The first-order chi connectivity index (χ1) is 10.9. The normalized spacial score (nSPS) is 13.7. The topological polar surface area (TPSA) is 81.2 Å². The van der Waals surface area contributed by atoms with Gasteiger partial charge in [-0.15, -0.1) is 0 Å². The molecule has 0 saturated heterocycles. The van der Waals surface area contributed by atoms with Gasteiger partial charge in [0.15, 0.2) is 5.16 Å². The van der Waals surface area contributed by atoms with Gasteiger partial charge in [-0.3, -0.25) is 0 Å². The molecule has 1 aliphatic carbocycles. The molecule has 1 heterocycles. The largest absolute Gasteiger partial charge is 0.383 e. The fraction of sp³-hybridized carbons (Fsp3) is 0.333. The monoisotopic (exact) mass is 351 g/mol. The summed E-state index contributed by atoms with van der Waals surface area (Å²) in [5.74, 6) is 1.12. The highest BCUT2D eigenvalue weighted by Crippen LogP contribution is 2.30. The van der Waals surface area contributed by atoms with Gasteiger partial charge in [-0.25, -0.2) is 9.97 Å². The Morgan fingerprint density at radius 3 is 2.57 bits per heavy atom. The van der Waals surface area contributed by atoms with Crippen LogP contribution in [0.3, 0.4) is 0 Å². The van der Waals surface area contributed by atoms with Gasteiger partial charge in [0.25, 0.3) is 0 Å². The molecule has 0 fully saturated rings. The number of hydrogen-bond donors (Lipinski definition) is 1. The molecule has 0 amide bonds. The summed E-state index contributed by atoms with van der Waals surface area (Å²) < 4.78 is 27.1. The van der Waals surface area contributed by atoms with E-state index in [0.29, 0.717) is 0 Å². The molecule has 8 heteroatoms. The third kappa shape index (κ3) is 3.94. The van der Waals surface area contributed by atoms with E-state index < -0.39 is 10.1 Å². The van der Waals surface area contributed by atoms with E-state index in [2.05, 4.69) is 15.3 Å². The summed E-state index contributed by atoms with van der Waals surface area (Å²) in [4.78, 5) is 9.11. The van der Waals surface area contributed by atoms with E-state index in [4.69, 9.17) is 4.18 Å². The molecule has 0 aliphatic heterocycles. The van der Waals surface area contributed by atoms with Crippen LogP contribution in [0.5, 0.6) is 5.75 Å². The summed E-state index contributed by atoms with van der Waals surface area (Å²) in [5, 5.41) is 4.05. The molecule has 0 bridgehead atoms. The van der Waals surface area contributed by atoms with Crippen LogP contribution in [0.4, 0.5) is 11.5 Å². The van der Waals surface area contributed by atoms with Crippen LogP contribution < -0.4 is 9.50 Å². The number of thioether (sulfide) groups is 1. The van der Waals surface area contributed by atoms with E-state index in [0.717, 1.165) is 47.9 Å². The van der Waals surface area contributed by atoms with Crippen molar-refractivity contribution in [2.24, 2.45) is 0 Å². The number of nitrogens with one attached hydrogen (secondary N) is 1. The maximum Gasteiger partial charge on any atom is 0.306 e. The second kappa shape index (κ2) is 6.37. The third-order valence-electron chi connectivity index (χ3n) is 3.46. The van der Waals surface area contributed by atoms with Crippen LogP contribution in [0.25, 0.3) is 0 Å². The number of anilines is 2. The number of aromatic nitrogens is 2. The van der Waals surface area contributed by atoms with Gasteiger partial charge < -0.3 is 9.50 Å². The van der Waals surface area contributed by atoms with Crippen LogP contribution >= 0.6 is 11.8 Å². The summed E-state index contributed by atoms with van der Waals surface area (Å²) in [6.45, 7) is 0. The van der Waals surface area contributed by atoms with Crippen LogP contribution in [-0.2, 0) is 23.0 Å². The zero-order valence-corrected chi connectivity index (χ0v) is 14.5. The summed E-state index contributed by atoms with van der Waals surface area (Å²) >= 11 is 1.52. The minimum atomic E-state index is -3.51. The highest BCUT2D eigenvalue weighted by molar-refractivity contribution is 7.98. The molecule has 1 aliphatic rings. The Morgan fingerprint density at radius 1 is 1.17 bits per heavy atom. The van der Waals surface area contributed by atoms with E-state index in [1.807, 2.05) is 6.26 Å². The van der Waals surface area contributed by atoms with Crippen molar-refractivity contribution in [3.63, 3.8) is 0 Å². The molecule has 1 aromatic heterocycles. The molecule has 3 rings (SSSR count). The van der Waals surface area contributed by atoms with E-state index in [-0.39, 0.29) is 5.75 Å². The molecule has 6 nitrogen and oxygen atoms in total. The Bertz CT molecular complexity index is 821. The first-order valence-corrected chi connectivity index (χ1v) is 10.2. The van der Waals surface area contributed by atoms with Crippen molar-refractivity contribution in [2.45, 2.75) is 24.4 Å². The molecule has 0 saturated carbocycles. The Morgan fingerprint density at radius 2 is 1.91 bits per heavy atom. The molecular formula is C15H17N3O3S2. The van der Waals surface area contributed by atoms with Gasteiger partial charge in [-0.2, -0.15) is 8.42 Å². The van der Waals surface area contributed by atoms with E-state index in [9.17, 15) is 8.42 Å². The Labute approximate surface area is 139 Å². The number of fused-ring (bicyclic) bond motifs is 1. The summed E-state index contributed by atoms with van der Waals surface area (Å²) in [5.41, 5.74) is 3.11. The van der Waals surface area contributed by atoms with E-state index in [1.54, 1.807) is 24.3 Å². The van der Waals surface area contributed by atoms with Gasteiger partial charge in [0.2, 0.25) is 0 Å². The molecule has 0 atom stereocenters. The number of nitrogens with zero attached hydrogens (tertiary/aromatic N) is 2. The lowest BCUT2D eigenvalue weighted by Crippen LogP contribution is -2.06. The molecule has 0 spiro atoms. The molecular weight excluding hydrogens is 334 g/mol. The average molecular weight is 351 g/mol. The van der Waals surface area contributed by atoms with Crippen molar-refractivity contribution in [1.29, 1.82) is 0 Å². The fourth-order valence-corrected chi connectivity index (χ4v) is 3.35. The zero-order valence-electron chi connectivity index (χ0n) is 12.9. The van der Waals surface area contributed by atoms with Crippen LogP contribution in [-0.4, -0.2) is 30.9 Å². The highest BCUT2D eigenvalue weighted by Gasteiger charge is 2.19. The Kier molecular flexibility index (Phi) is 4.45. The Hall–Kier alpha value is -1.80. The second-order valence-corrected chi connectivity index (χ2v) is 7.62. The van der Waals surface area contributed by atoms with Gasteiger partial charge in [0.1, 0.15) is 11.6 Å². The fourth-order valence-electron chi connectivity index (χ4n) is 2.51. The van der Waals surface area contributed by atoms with Crippen molar-refractivity contribution in [3.8, 4) is 5.75 Å². The van der Waals surface area contributed by atoms with Crippen molar-refractivity contribution in [2.75, 3.05) is 17.8 Å². The molecule has 0 unspecified atom stereocenters. The van der Waals surface area contributed by atoms with Crippen molar-refractivity contribution < 1.29 is 12.6 Å². The van der Waals surface area contributed by atoms with Crippen LogP contribution in [0.15, 0.2) is 29.4 Å². The third-order valence-corrected chi connectivity index (χ3v) is 4.50. The number of benzene rings is 1. The van der Waals surface area contributed by atoms with Crippen molar-refractivity contribution >= 4 is 33.4 Å². The number of hydrogen-bond acceptors (Lipinski definition) is 7. The van der Waals surface area contributed by atoms with Gasteiger partial charge in [0, 0.05) is 11.3 Å². The minimum absolute atomic E-state index is 0.288. The summed E-state index contributed by atoms with van der Waals surface area (Å²) in [6, 6.07) is 6.76. The number of rotatable bonds is 5.